The van der Waals surface area contributed by atoms with Crippen LogP contribution in [0.1, 0.15) is 0 Å². The van der Waals surface area contributed by atoms with Crippen LogP contribution in [-0.2, 0) is 0 Å². The molecule has 0 saturated carbocycles. The molecule has 0 aliphatic rings. The van der Waals surface area contributed by atoms with Crippen LogP contribution in [-0.4, -0.2) is 6.36 Å². The molecule has 0 saturated heterocycles. The molecule has 0 aliphatic heterocycles. The first-order chi connectivity index (χ1) is 9.46. The summed E-state index contributed by atoms with van der Waals surface area (Å²) in [5, 5.41) is 0. The Morgan fingerprint density at radius 3 is 2.30 bits per heavy atom. The third-order valence-corrected chi connectivity index (χ3v) is 3.24. The lowest BCUT2D eigenvalue weighted by molar-refractivity contribution is -0.274. The lowest BCUT2D eigenvalue weighted by Crippen LogP contribution is -2.17. The zero-order valence-corrected chi connectivity index (χ0v) is 10.8. The Morgan fingerprint density at radius 2 is 1.70 bits per heavy atom. The van der Waals surface area contributed by atoms with Crippen LogP contribution >= 0.6 is 11.8 Å². The maximum atomic E-state index is 12.1. The number of hydrogen-bond acceptors (Lipinski definition) is 2. The number of ether oxygens (including phenoxy) is 1. The zero-order chi connectivity index (χ0) is 14.6. The van der Waals surface area contributed by atoms with Crippen LogP contribution in [0, 0.1) is 6.57 Å². The Morgan fingerprint density at radius 1 is 1.00 bits per heavy atom. The summed E-state index contributed by atoms with van der Waals surface area (Å²) in [5.41, 5.74) is 0.517. The van der Waals surface area contributed by atoms with Gasteiger partial charge in [-0.1, -0.05) is 42.1 Å². The van der Waals surface area contributed by atoms with Crippen molar-refractivity contribution in [2.45, 2.75) is 16.2 Å². The summed E-state index contributed by atoms with van der Waals surface area (Å²) in [6, 6.07) is 12.6. The van der Waals surface area contributed by atoms with Crippen molar-refractivity contribution in [3.8, 4) is 5.75 Å². The van der Waals surface area contributed by atoms with Gasteiger partial charge in [0.25, 0.3) is 0 Å². The number of halogens is 3. The summed E-state index contributed by atoms with van der Waals surface area (Å²) in [7, 11) is 0. The first-order valence-electron chi connectivity index (χ1n) is 5.47. The highest BCUT2D eigenvalue weighted by molar-refractivity contribution is 7.99. The molecule has 0 aromatic heterocycles. The summed E-state index contributed by atoms with van der Waals surface area (Å²) in [4.78, 5) is 4.73. The second kappa shape index (κ2) is 5.88. The molecule has 2 nitrogen and oxygen atoms in total. The first kappa shape index (κ1) is 14.3. The molecule has 0 bridgehead atoms. The molecule has 0 N–H and O–H groups in total. The van der Waals surface area contributed by atoms with Crippen LogP contribution in [0.15, 0.2) is 58.3 Å². The molecule has 2 rings (SSSR count). The number of nitrogens with zero attached hydrogens (tertiary/aromatic N) is 1. The number of hydrogen-bond donors (Lipinski definition) is 0. The monoisotopic (exact) mass is 295 g/mol. The van der Waals surface area contributed by atoms with Gasteiger partial charge in [-0.15, -0.1) is 13.2 Å². The Bertz CT molecular complexity index is 632. The lowest BCUT2D eigenvalue weighted by Gasteiger charge is -2.09. The Balaban J connectivity index is 2.13. The molecule has 0 aliphatic carbocycles. The Labute approximate surface area is 118 Å². The molecule has 6 heteroatoms. The van der Waals surface area contributed by atoms with Gasteiger partial charge in [0.2, 0.25) is 0 Å². The van der Waals surface area contributed by atoms with E-state index in [-0.39, 0.29) is 5.75 Å². The molecule has 0 unspecified atom stereocenters. The number of rotatable bonds is 3. The highest BCUT2D eigenvalue weighted by atomic mass is 32.2. The minimum atomic E-state index is -4.69. The van der Waals surface area contributed by atoms with E-state index in [4.69, 9.17) is 6.57 Å². The van der Waals surface area contributed by atoms with E-state index < -0.39 is 6.36 Å². The van der Waals surface area contributed by atoms with Crippen molar-refractivity contribution in [1.82, 2.24) is 0 Å². The standard InChI is InChI=1S/C14H8F3NOS/c1-18-10-5-7-12(8-6-10)20-13-4-2-3-11(9-13)19-14(15,16)17/h2-9H. The van der Waals surface area contributed by atoms with Crippen LogP contribution in [0.5, 0.6) is 5.75 Å². The Hall–Kier alpha value is -2.13. The summed E-state index contributed by atoms with van der Waals surface area (Å²) in [6.45, 7) is 6.84. The molecular weight excluding hydrogens is 287 g/mol. The summed E-state index contributed by atoms with van der Waals surface area (Å²) in [5.74, 6) is -0.250. The fourth-order valence-electron chi connectivity index (χ4n) is 1.46. The first-order valence-corrected chi connectivity index (χ1v) is 6.29. The topological polar surface area (TPSA) is 13.6 Å². The normalized spacial score (nSPS) is 10.9. The van der Waals surface area contributed by atoms with Crippen LogP contribution < -0.4 is 4.74 Å². The lowest BCUT2D eigenvalue weighted by atomic mass is 10.3. The average molecular weight is 295 g/mol. The predicted octanol–water partition coefficient (Wildman–Crippen LogP) is 5.29. The second-order valence-electron chi connectivity index (χ2n) is 3.73. The van der Waals surface area contributed by atoms with Crippen molar-refractivity contribution >= 4 is 17.4 Å². The molecular formula is C14H8F3NOS. The third-order valence-electron chi connectivity index (χ3n) is 2.24. The van der Waals surface area contributed by atoms with E-state index in [9.17, 15) is 13.2 Å². The minimum absolute atomic E-state index is 0.250. The second-order valence-corrected chi connectivity index (χ2v) is 4.88. The van der Waals surface area contributed by atoms with Crippen LogP contribution in [0.3, 0.4) is 0 Å². The van der Waals surface area contributed by atoms with Crippen molar-refractivity contribution in [2.75, 3.05) is 0 Å². The van der Waals surface area contributed by atoms with Gasteiger partial charge in [-0.25, -0.2) is 4.85 Å². The number of benzene rings is 2. The van der Waals surface area contributed by atoms with Gasteiger partial charge in [-0.05, 0) is 18.2 Å². The van der Waals surface area contributed by atoms with E-state index >= 15 is 0 Å². The van der Waals surface area contributed by atoms with Gasteiger partial charge >= 0.3 is 6.36 Å². The van der Waals surface area contributed by atoms with E-state index in [0.717, 1.165) is 4.90 Å². The summed E-state index contributed by atoms with van der Waals surface area (Å²) in [6.07, 6.45) is -4.69. The SMILES string of the molecule is [C-]#[N+]c1ccc(Sc2cccc(OC(F)(F)F)c2)cc1. The molecule has 0 heterocycles. The van der Waals surface area contributed by atoms with Gasteiger partial charge in [0.15, 0.2) is 5.69 Å². The molecule has 102 valence electrons. The van der Waals surface area contributed by atoms with Crippen LogP contribution in [0.2, 0.25) is 0 Å². The smallest absolute Gasteiger partial charge is 0.406 e. The van der Waals surface area contributed by atoms with Crippen molar-refractivity contribution in [1.29, 1.82) is 0 Å². The average Bonchev–Trinajstić information content (AvgIpc) is 2.38. The predicted molar refractivity (Wildman–Crippen MR) is 70.0 cm³/mol. The van der Waals surface area contributed by atoms with E-state index in [1.54, 1.807) is 30.3 Å². The van der Waals surface area contributed by atoms with E-state index in [2.05, 4.69) is 9.58 Å². The Kier molecular flexibility index (Phi) is 4.20. The van der Waals surface area contributed by atoms with Crippen molar-refractivity contribution < 1.29 is 17.9 Å². The van der Waals surface area contributed by atoms with Crippen LogP contribution in [0.4, 0.5) is 18.9 Å². The van der Waals surface area contributed by atoms with Crippen LogP contribution in [0.25, 0.3) is 4.85 Å². The maximum absolute atomic E-state index is 12.1. The molecule has 0 atom stereocenters. The van der Waals surface area contributed by atoms with Gasteiger partial charge in [-0.2, -0.15) is 0 Å². The highest BCUT2D eigenvalue weighted by Crippen LogP contribution is 2.32. The van der Waals surface area contributed by atoms with Gasteiger partial charge in [0.1, 0.15) is 5.75 Å². The van der Waals surface area contributed by atoms with E-state index in [1.807, 2.05) is 0 Å². The van der Waals surface area contributed by atoms with Gasteiger partial charge in [0.05, 0.1) is 6.57 Å². The maximum Gasteiger partial charge on any atom is 0.573 e. The van der Waals surface area contributed by atoms with Gasteiger partial charge < -0.3 is 4.74 Å². The number of alkyl halides is 3. The van der Waals surface area contributed by atoms with Gasteiger partial charge in [-0.3, -0.25) is 0 Å². The van der Waals surface area contributed by atoms with Crippen molar-refractivity contribution in [3.63, 3.8) is 0 Å². The quantitative estimate of drug-likeness (QED) is 0.714. The minimum Gasteiger partial charge on any atom is -0.406 e. The molecule has 0 spiro atoms. The van der Waals surface area contributed by atoms with Gasteiger partial charge in [0, 0.05) is 9.79 Å². The molecule has 2 aromatic rings. The molecule has 0 radical (unpaired) electrons. The summed E-state index contributed by atoms with van der Waals surface area (Å²) < 4.78 is 40.2. The highest BCUT2D eigenvalue weighted by Gasteiger charge is 2.31. The van der Waals surface area contributed by atoms with Crippen molar-refractivity contribution in [3.05, 3.63) is 59.9 Å². The third kappa shape index (κ3) is 4.21. The van der Waals surface area contributed by atoms with E-state index in [0.29, 0.717) is 10.6 Å². The fraction of sp³-hybridized carbons (Fsp3) is 0.0714. The largest absolute Gasteiger partial charge is 0.573 e. The molecule has 0 fully saturated rings. The molecule has 0 amide bonds. The zero-order valence-electron chi connectivity index (χ0n) is 10.0. The molecule has 2 aromatic carbocycles. The fourth-order valence-corrected chi connectivity index (χ4v) is 2.33. The summed E-state index contributed by atoms with van der Waals surface area (Å²) >= 11 is 1.30. The molecule has 20 heavy (non-hydrogen) atoms. The van der Waals surface area contributed by atoms with Crippen molar-refractivity contribution in [2.24, 2.45) is 0 Å². The van der Waals surface area contributed by atoms with E-state index in [1.165, 1.54) is 30.0 Å².